The first-order chi connectivity index (χ1) is 15.4. The molecule has 1 aliphatic rings. The molecule has 0 saturated heterocycles. The third kappa shape index (κ3) is 3.95. The van der Waals surface area contributed by atoms with Crippen molar-refractivity contribution in [1.29, 1.82) is 0 Å². The zero-order valence-electron chi connectivity index (χ0n) is 17.1. The lowest BCUT2D eigenvalue weighted by molar-refractivity contribution is 0.0890. The first-order valence-corrected chi connectivity index (χ1v) is 11.6. The summed E-state index contributed by atoms with van der Waals surface area (Å²) in [6, 6.07) is 16.8. The van der Waals surface area contributed by atoms with Crippen LogP contribution in [0, 0.1) is 6.92 Å². The molecule has 4 nitrogen and oxygen atoms in total. The molecule has 162 valence electrons. The Hall–Kier alpha value is -2.31. The molecule has 7 heteroatoms. The molecule has 3 aromatic carbocycles. The molecule has 0 atom stereocenters. The van der Waals surface area contributed by atoms with Crippen molar-refractivity contribution in [2.75, 3.05) is 6.73 Å². The highest BCUT2D eigenvalue weighted by molar-refractivity contribution is 9.10. The summed E-state index contributed by atoms with van der Waals surface area (Å²) in [5.74, 6) is 1.31. The van der Waals surface area contributed by atoms with E-state index >= 15 is 0 Å². The van der Waals surface area contributed by atoms with Gasteiger partial charge in [-0.2, -0.15) is 0 Å². The lowest BCUT2D eigenvalue weighted by Gasteiger charge is -2.29. The Kier molecular flexibility index (Phi) is 5.76. The van der Waals surface area contributed by atoms with Crippen molar-refractivity contribution in [2.45, 2.75) is 20.0 Å². The Labute approximate surface area is 203 Å². The third-order valence-electron chi connectivity index (χ3n) is 5.62. The summed E-state index contributed by atoms with van der Waals surface area (Å²) in [4.78, 5) is 15.5. The zero-order valence-corrected chi connectivity index (χ0v) is 20.2. The maximum absolute atomic E-state index is 13.4. The van der Waals surface area contributed by atoms with E-state index in [9.17, 15) is 4.79 Å². The molecule has 0 fully saturated rings. The van der Waals surface area contributed by atoms with E-state index in [1.54, 1.807) is 12.1 Å². The average Bonchev–Trinajstić information content (AvgIpc) is 2.77. The molecule has 0 N–H and O–H groups in total. The highest BCUT2D eigenvalue weighted by Crippen LogP contribution is 2.35. The Bertz CT molecular complexity index is 1400. The Morgan fingerprint density at radius 1 is 1.06 bits per heavy atom. The van der Waals surface area contributed by atoms with Gasteiger partial charge in [-0.1, -0.05) is 57.3 Å². The van der Waals surface area contributed by atoms with E-state index < -0.39 is 0 Å². The second kappa shape index (κ2) is 8.56. The number of nitrogens with zero attached hydrogens (tertiary/aromatic N) is 1. The molecule has 0 saturated carbocycles. The Morgan fingerprint density at radius 2 is 1.84 bits per heavy atom. The lowest BCUT2D eigenvalue weighted by Crippen LogP contribution is -2.32. The molecule has 4 aromatic rings. The number of hydrogen-bond donors (Lipinski definition) is 0. The van der Waals surface area contributed by atoms with Crippen molar-refractivity contribution >= 4 is 50.1 Å². The first-order valence-electron chi connectivity index (χ1n) is 10.0. The van der Waals surface area contributed by atoms with Crippen LogP contribution in [0.25, 0.3) is 22.1 Å². The van der Waals surface area contributed by atoms with Crippen LogP contribution in [0.15, 0.2) is 68.3 Å². The lowest BCUT2D eigenvalue weighted by atomic mass is 10.0. The molecule has 0 aliphatic carbocycles. The van der Waals surface area contributed by atoms with Crippen LogP contribution in [0.3, 0.4) is 0 Å². The fourth-order valence-electron chi connectivity index (χ4n) is 4.06. The van der Waals surface area contributed by atoms with Crippen molar-refractivity contribution < 1.29 is 9.15 Å². The maximum atomic E-state index is 13.4. The van der Waals surface area contributed by atoms with E-state index in [1.807, 2.05) is 49.4 Å². The molecule has 1 aromatic heterocycles. The van der Waals surface area contributed by atoms with Gasteiger partial charge in [0.15, 0.2) is 0 Å². The SMILES string of the molecule is Cc1oc2c3c(ccc2c(=O)c1-c1ccc(Br)cc1)OCN(Cc1ccc(Cl)cc1Cl)C3. The van der Waals surface area contributed by atoms with Crippen molar-refractivity contribution in [1.82, 2.24) is 4.90 Å². The zero-order chi connectivity index (χ0) is 22.4. The summed E-state index contributed by atoms with van der Waals surface area (Å²) in [5, 5.41) is 1.76. The van der Waals surface area contributed by atoms with E-state index in [0.717, 1.165) is 26.9 Å². The van der Waals surface area contributed by atoms with E-state index in [1.165, 1.54) is 0 Å². The van der Waals surface area contributed by atoms with Crippen LogP contribution in [0.4, 0.5) is 0 Å². The number of halogens is 3. The summed E-state index contributed by atoms with van der Waals surface area (Å²) < 4.78 is 13.2. The largest absolute Gasteiger partial charge is 0.478 e. The topological polar surface area (TPSA) is 42.7 Å². The molecule has 1 aliphatic heterocycles. The molecule has 0 bridgehead atoms. The second-order valence-electron chi connectivity index (χ2n) is 7.78. The molecular formula is C25H18BrCl2NO3. The number of fused-ring (bicyclic) bond motifs is 3. The van der Waals surface area contributed by atoms with Gasteiger partial charge in [-0.3, -0.25) is 9.69 Å². The third-order valence-corrected chi connectivity index (χ3v) is 6.74. The molecule has 0 unspecified atom stereocenters. The predicted octanol–water partition coefficient (Wildman–Crippen LogP) is 7.19. The number of hydrogen-bond acceptors (Lipinski definition) is 4. The highest BCUT2D eigenvalue weighted by atomic mass is 79.9. The van der Waals surface area contributed by atoms with Gasteiger partial charge in [0.25, 0.3) is 0 Å². The average molecular weight is 531 g/mol. The van der Waals surface area contributed by atoms with E-state index in [2.05, 4.69) is 20.8 Å². The Morgan fingerprint density at radius 3 is 2.59 bits per heavy atom. The summed E-state index contributed by atoms with van der Waals surface area (Å²) in [6.07, 6.45) is 0. The van der Waals surface area contributed by atoms with Gasteiger partial charge in [0.1, 0.15) is 23.8 Å². The van der Waals surface area contributed by atoms with Crippen molar-refractivity contribution in [3.8, 4) is 16.9 Å². The number of rotatable bonds is 3. The summed E-state index contributed by atoms with van der Waals surface area (Å²) in [5.41, 5.74) is 3.74. The molecule has 5 rings (SSSR count). The van der Waals surface area contributed by atoms with Gasteiger partial charge < -0.3 is 9.15 Å². The van der Waals surface area contributed by atoms with Crippen molar-refractivity contribution in [3.63, 3.8) is 0 Å². The van der Waals surface area contributed by atoms with Crippen LogP contribution in [-0.2, 0) is 13.1 Å². The standard InChI is InChI=1S/C25H18BrCl2NO3/c1-14-23(15-2-5-17(26)6-3-15)24(30)19-8-9-22-20(25(19)32-14)12-29(13-31-22)11-16-4-7-18(27)10-21(16)28/h2-10H,11-13H2,1H3. The summed E-state index contributed by atoms with van der Waals surface area (Å²) >= 11 is 15.8. The minimum absolute atomic E-state index is 0.0493. The fourth-order valence-corrected chi connectivity index (χ4v) is 4.79. The minimum Gasteiger partial charge on any atom is -0.478 e. The fraction of sp³-hybridized carbons (Fsp3) is 0.160. The van der Waals surface area contributed by atoms with Crippen LogP contribution in [0.5, 0.6) is 5.75 Å². The molecule has 0 amide bonds. The van der Waals surface area contributed by atoms with Gasteiger partial charge in [0.2, 0.25) is 5.43 Å². The highest BCUT2D eigenvalue weighted by Gasteiger charge is 2.24. The monoisotopic (exact) mass is 529 g/mol. The first kappa shape index (κ1) is 21.5. The van der Waals surface area contributed by atoms with E-state index in [0.29, 0.717) is 52.2 Å². The smallest absolute Gasteiger partial charge is 0.200 e. The summed E-state index contributed by atoms with van der Waals surface area (Å²) in [7, 11) is 0. The number of benzene rings is 3. The second-order valence-corrected chi connectivity index (χ2v) is 9.54. The number of aryl methyl sites for hydroxylation is 1. The van der Waals surface area contributed by atoms with E-state index in [-0.39, 0.29) is 5.43 Å². The van der Waals surface area contributed by atoms with Crippen LogP contribution in [0.2, 0.25) is 10.0 Å². The minimum atomic E-state index is -0.0493. The summed E-state index contributed by atoms with van der Waals surface area (Å²) in [6.45, 7) is 3.40. The van der Waals surface area contributed by atoms with Crippen LogP contribution in [0.1, 0.15) is 16.9 Å². The molecule has 32 heavy (non-hydrogen) atoms. The van der Waals surface area contributed by atoms with E-state index in [4.69, 9.17) is 32.4 Å². The normalized spacial score (nSPS) is 13.8. The van der Waals surface area contributed by atoms with Crippen LogP contribution >= 0.6 is 39.1 Å². The molecule has 2 heterocycles. The molecule has 0 radical (unpaired) electrons. The van der Waals surface area contributed by atoms with Crippen molar-refractivity contribution in [3.05, 3.63) is 96.2 Å². The van der Waals surface area contributed by atoms with Crippen LogP contribution < -0.4 is 10.2 Å². The Balaban J connectivity index is 1.55. The quantitative estimate of drug-likeness (QED) is 0.281. The molecular weight excluding hydrogens is 513 g/mol. The van der Waals surface area contributed by atoms with Gasteiger partial charge >= 0.3 is 0 Å². The van der Waals surface area contributed by atoms with Gasteiger partial charge in [-0.05, 0) is 54.4 Å². The van der Waals surface area contributed by atoms with Gasteiger partial charge in [-0.25, -0.2) is 0 Å². The predicted molar refractivity (Wildman–Crippen MR) is 132 cm³/mol. The molecule has 0 spiro atoms. The van der Waals surface area contributed by atoms with Gasteiger partial charge in [0, 0.05) is 27.6 Å². The van der Waals surface area contributed by atoms with Crippen molar-refractivity contribution in [2.24, 2.45) is 0 Å². The van der Waals surface area contributed by atoms with Crippen LogP contribution in [-0.4, -0.2) is 11.6 Å². The maximum Gasteiger partial charge on any atom is 0.200 e. The number of ether oxygens (including phenoxy) is 1. The van der Waals surface area contributed by atoms with Gasteiger partial charge in [0.05, 0.1) is 16.5 Å². The van der Waals surface area contributed by atoms with Gasteiger partial charge in [-0.15, -0.1) is 0 Å².